The van der Waals surface area contributed by atoms with Crippen molar-refractivity contribution in [3.05, 3.63) is 11.4 Å². The molecule has 1 aliphatic rings. The number of rotatable bonds is 4. The number of imidazole rings is 1. The standard InChI is InChI=1S/C14H24N2S/c1-10(2)9-16-12(4)11(3)15-14(16)17-13-7-5-6-8-13/h10,13H,5-9H2,1-4H3. The van der Waals surface area contributed by atoms with E-state index in [0.29, 0.717) is 5.92 Å². The van der Waals surface area contributed by atoms with Gasteiger partial charge in [-0.3, -0.25) is 0 Å². The Labute approximate surface area is 109 Å². The van der Waals surface area contributed by atoms with Crippen molar-refractivity contribution in [2.45, 2.75) is 70.3 Å². The Morgan fingerprint density at radius 3 is 2.53 bits per heavy atom. The molecule has 0 bridgehead atoms. The van der Waals surface area contributed by atoms with Crippen LogP contribution in [0.2, 0.25) is 0 Å². The molecule has 0 unspecified atom stereocenters. The second-order valence-corrected chi connectivity index (χ2v) is 6.86. The van der Waals surface area contributed by atoms with E-state index >= 15 is 0 Å². The summed E-state index contributed by atoms with van der Waals surface area (Å²) in [6, 6.07) is 0. The summed E-state index contributed by atoms with van der Waals surface area (Å²) in [6.45, 7) is 9.98. The molecule has 3 heteroatoms. The minimum absolute atomic E-state index is 0.685. The van der Waals surface area contributed by atoms with Gasteiger partial charge in [-0.2, -0.15) is 0 Å². The van der Waals surface area contributed by atoms with Crippen LogP contribution in [-0.4, -0.2) is 14.8 Å². The van der Waals surface area contributed by atoms with Crippen molar-refractivity contribution in [2.75, 3.05) is 0 Å². The van der Waals surface area contributed by atoms with E-state index in [-0.39, 0.29) is 0 Å². The van der Waals surface area contributed by atoms with Gasteiger partial charge in [0, 0.05) is 17.5 Å². The molecule has 0 aliphatic heterocycles. The summed E-state index contributed by atoms with van der Waals surface area (Å²) in [5.41, 5.74) is 2.55. The Morgan fingerprint density at radius 1 is 1.29 bits per heavy atom. The van der Waals surface area contributed by atoms with Gasteiger partial charge >= 0.3 is 0 Å². The third kappa shape index (κ3) is 3.06. The molecule has 1 aromatic heterocycles. The highest BCUT2D eigenvalue weighted by Gasteiger charge is 2.20. The van der Waals surface area contributed by atoms with E-state index in [0.717, 1.165) is 11.8 Å². The Balaban J connectivity index is 2.16. The Bertz CT molecular complexity index is 376. The first-order valence-electron chi connectivity index (χ1n) is 6.78. The molecule has 1 heterocycles. The molecule has 96 valence electrons. The minimum Gasteiger partial charge on any atom is -0.323 e. The highest BCUT2D eigenvalue weighted by atomic mass is 32.2. The summed E-state index contributed by atoms with van der Waals surface area (Å²) in [4.78, 5) is 4.75. The van der Waals surface area contributed by atoms with E-state index in [9.17, 15) is 0 Å². The molecule has 1 fully saturated rings. The summed E-state index contributed by atoms with van der Waals surface area (Å²) < 4.78 is 2.42. The summed E-state index contributed by atoms with van der Waals surface area (Å²) in [7, 11) is 0. The Hall–Kier alpha value is -0.440. The summed E-state index contributed by atoms with van der Waals surface area (Å²) in [6.07, 6.45) is 5.55. The second-order valence-electron chi connectivity index (χ2n) is 5.59. The molecule has 0 atom stereocenters. The second kappa shape index (κ2) is 5.47. The molecule has 2 rings (SSSR count). The molecule has 0 saturated heterocycles. The Morgan fingerprint density at radius 2 is 1.94 bits per heavy atom. The monoisotopic (exact) mass is 252 g/mol. The van der Waals surface area contributed by atoms with Crippen LogP contribution in [0.15, 0.2) is 5.16 Å². The Kier molecular flexibility index (Phi) is 4.18. The van der Waals surface area contributed by atoms with Gasteiger partial charge in [-0.1, -0.05) is 38.5 Å². The fourth-order valence-corrected chi connectivity index (χ4v) is 3.84. The summed E-state index contributed by atoms with van der Waals surface area (Å²) >= 11 is 2.01. The first-order chi connectivity index (χ1) is 8.08. The van der Waals surface area contributed by atoms with Crippen LogP contribution in [0.3, 0.4) is 0 Å². The van der Waals surface area contributed by atoms with Gasteiger partial charge in [-0.25, -0.2) is 4.98 Å². The average Bonchev–Trinajstić information content (AvgIpc) is 2.83. The lowest BCUT2D eigenvalue weighted by Gasteiger charge is -2.14. The smallest absolute Gasteiger partial charge is 0.168 e. The van der Waals surface area contributed by atoms with Crippen molar-refractivity contribution in [3.63, 3.8) is 0 Å². The lowest BCUT2D eigenvalue weighted by molar-refractivity contribution is 0.486. The van der Waals surface area contributed by atoms with Gasteiger partial charge in [0.1, 0.15) is 0 Å². The van der Waals surface area contributed by atoms with Crippen molar-refractivity contribution in [3.8, 4) is 0 Å². The fraction of sp³-hybridized carbons (Fsp3) is 0.786. The molecule has 1 aliphatic carbocycles. The summed E-state index contributed by atoms with van der Waals surface area (Å²) in [5.74, 6) is 0.685. The maximum absolute atomic E-state index is 4.75. The van der Waals surface area contributed by atoms with Crippen LogP contribution in [0.25, 0.3) is 0 Å². The molecule has 0 N–H and O–H groups in total. The number of hydrogen-bond donors (Lipinski definition) is 0. The first-order valence-corrected chi connectivity index (χ1v) is 7.66. The van der Waals surface area contributed by atoms with Crippen LogP contribution >= 0.6 is 11.8 Å². The van der Waals surface area contributed by atoms with Crippen LogP contribution in [0, 0.1) is 19.8 Å². The zero-order valence-corrected chi connectivity index (χ0v) is 12.3. The van der Waals surface area contributed by atoms with Crippen LogP contribution < -0.4 is 0 Å². The third-order valence-electron chi connectivity index (χ3n) is 3.54. The zero-order valence-electron chi connectivity index (χ0n) is 11.5. The van der Waals surface area contributed by atoms with Crippen LogP contribution in [0.1, 0.15) is 50.9 Å². The molecular formula is C14H24N2S. The van der Waals surface area contributed by atoms with E-state index in [4.69, 9.17) is 4.98 Å². The molecule has 1 saturated carbocycles. The topological polar surface area (TPSA) is 17.8 Å². The van der Waals surface area contributed by atoms with Crippen LogP contribution in [0.5, 0.6) is 0 Å². The van der Waals surface area contributed by atoms with Gasteiger partial charge in [-0.05, 0) is 32.6 Å². The van der Waals surface area contributed by atoms with Gasteiger partial charge in [-0.15, -0.1) is 0 Å². The lowest BCUT2D eigenvalue weighted by atomic mass is 10.2. The van der Waals surface area contributed by atoms with Crippen molar-refractivity contribution in [2.24, 2.45) is 5.92 Å². The molecule has 17 heavy (non-hydrogen) atoms. The molecule has 0 radical (unpaired) electrons. The van der Waals surface area contributed by atoms with Crippen molar-refractivity contribution >= 4 is 11.8 Å². The predicted molar refractivity (Wildman–Crippen MR) is 74.7 cm³/mol. The van der Waals surface area contributed by atoms with Gasteiger partial charge in [0.2, 0.25) is 0 Å². The SMILES string of the molecule is Cc1nc(SC2CCCC2)n(CC(C)C)c1C. The van der Waals surface area contributed by atoms with Crippen LogP contribution in [0.4, 0.5) is 0 Å². The molecular weight excluding hydrogens is 228 g/mol. The minimum atomic E-state index is 0.685. The van der Waals surface area contributed by atoms with E-state index in [2.05, 4.69) is 32.3 Å². The molecule has 2 nitrogen and oxygen atoms in total. The number of hydrogen-bond acceptors (Lipinski definition) is 2. The number of aryl methyl sites for hydroxylation is 1. The van der Waals surface area contributed by atoms with Crippen LogP contribution in [-0.2, 0) is 6.54 Å². The van der Waals surface area contributed by atoms with E-state index in [1.165, 1.54) is 42.2 Å². The van der Waals surface area contributed by atoms with Crippen molar-refractivity contribution in [1.82, 2.24) is 9.55 Å². The van der Waals surface area contributed by atoms with Crippen molar-refractivity contribution in [1.29, 1.82) is 0 Å². The van der Waals surface area contributed by atoms with Gasteiger partial charge in [0.25, 0.3) is 0 Å². The van der Waals surface area contributed by atoms with E-state index < -0.39 is 0 Å². The average molecular weight is 252 g/mol. The molecule has 0 spiro atoms. The highest BCUT2D eigenvalue weighted by Crippen LogP contribution is 2.35. The quantitative estimate of drug-likeness (QED) is 0.799. The number of thioether (sulfide) groups is 1. The molecule has 1 aromatic rings. The number of nitrogens with zero attached hydrogens (tertiary/aromatic N) is 2. The van der Waals surface area contributed by atoms with E-state index in [1.54, 1.807) is 0 Å². The lowest BCUT2D eigenvalue weighted by Crippen LogP contribution is -2.09. The number of aromatic nitrogens is 2. The third-order valence-corrected chi connectivity index (χ3v) is 4.87. The normalized spacial score (nSPS) is 17.2. The largest absolute Gasteiger partial charge is 0.323 e. The maximum atomic E-state index is 4.75. The molecule has 0 aromatic carbocycles. The van der Waals surface area contributed by atoms with Crippen molar-refractivity contribution < 1.29 is 0 Å². The van der Waals surface area contributed by atoms with E-state index in [1.807, 2.05) is 11.8 Å². The fourth-order valence-electron chi connectivity index (χ4n) is 2.45. The first kappa shape index (κ1) is 13.0. The highest BCUT2D eigenvalue weighted by molar-refractivity contribution is 7.99. The summed E-state index contributed by atoms with van der Waals surface area (Å²) in [5, 5.41) is 2.06. The van der Waals surface area contributed by atoms with Gasteiger partial charge in [0.05, 0.1) is 5.69 Å². The van der Waals surface area contributed by atoms with Gasteiger partial charge in [0.15, 0.2) is 5.16 Å². The zero-order chi connectivity index (χ0) is 12.4. The van der Waals surface area contributed by atoms with Gasteiger partial charge < -0.3 is 4.57 Å². The molecule has 0 amide bonds. The predicted octanol–water partition coefficient (Wildman–Crippen LogP) is 4.19. The maximum Gasteiger partial charge on any atom is 0.168 e.